The number of carbonyl (C=O) groups is 1. The molecule has 33 heavy (non-hydrogen) atoms. The van der Waals surface area contributed by atoms with Crippen LogP contribution in [0.4, 0.5) is 4.39 Å². The zero-order chi connectivity index (χ0) is 22.9. The Balaban J connectivity index is 1.66. The van der Waals surface area contributed by atoms with E-state index in [1.165, 1.54) is 12.1 Å². The van der Waals surface area contributed by atoms with E-state index in [0.717, 1.165) is 17.2 Å². The van der Waals surface area contributed by atoms with E-state index in [4.69, 9.17) is 9.15 Å². The molecule has 1 amide bonds. The molecule has 0 aliphatic carbocycles. The molecule has 4 aromatic rings. The van der Waals surface area contributed by atoms with Crippen molar-refractivity contribution in [1.29, 1.82) is 0 Å². The number of fused-ring (bicyclic) bond motifs is 2. The van der Waals surface area contributed by atoms with Crippen molar-refractivity contribution in [3.8, 4) is 5.75 Å². The summed E-state index contributed by atoms with van der Waals surface area (Å²) in [6.45, 7) is 4.29. The van der Waals surface area contributed by atoms with Crippen molar-refractivity contribution in [2.24, 2.45) is 0 Å². The first-order valence-electron chi connectivity index (χ1n) is 10.5. The summed E-state index contributed by atoms with van der Waals surface area (Å²) < 4.78 is 25.3. The monoisotopic (exact) mass is 441 g/mol. The van der Waals surface area contributed by atoms with Gasteiger partial charge in [-0.1, -0.05) is 55.1 Å². The summed E-state index contributed by atoms with van der Waals surface area (Å²) in [5.41, 5.74) is 1.63. The maximum absolute atomic E-state index is 13.9. The van der Waals surface area contributed by atoms with Crippen LogP contribution >= 0.6 is 0 Å². The fourth-order valence-electron chi connectivity index (χ4n) is 4.18. The summed E-state index contributed by atoms with van der Waals surface area (Å²) in [6, 6.07) is 19.8. The van der Waals surface area contributed by atoms with Gasteiger partial charge in [-0.25, -0.2) is 4.39 Å². The van der Waals surface area contributed by atoms with E-state index in [-0.39, 0.29) is 34.7 Å². The minimum atomic E-state index is -0.676. The van der Waals surface area contributed by atoms with Crippen LogP contribution in [0.1, 0.15) is 33.3 Å². The smallest absolute Gasteiger partial charge is 0.291 e. The zero-order valence-electron chi connectivity index (χ0n) is 17.7. The Kier molecular flexibility index (Phi) is 5.26. The fraction of sp³-hybridized carbons (Fsp3) is 0.111. The minimum absolute atomic E-state index is 0.00739. The molecule has 6 heteroatoms. The highest BCUT2D eigenvalue weighted by molar-refractivity contribution is 5.99. The largest absolute Gasteiger partial charge is 0.490 e. The molecule has 164 valence electrons. The van der Waals surface area contributed by atoms with Gasteiger partial charge in [0.1, 0.15) is 23.8 Å². The third kappa shape index (κ3) is 3.69. The second-order valence-corrected chi connectivity index (χ2v) is 7.80. The maximum atomic E-state index is 13.9. The number of hydrogen-bond acceptors (Lipinski definition) is 4. The molecule has 2 heterocycles. The van der Waals surface area contributed by atoms with Gasteiger partial charge in [-0.2, -0.15) is 0 Å². The van der Waals surface area contributed by atoms with Gasteiger partial charge in [0.05, 0.1) is 17.0 Å². The lowest BCUT2D eigenvalue weighted by Gasteiger charge is -2.25. The highest BCUT2D eigenvalue weighted by Gasteiger charge is 2.42. The molecule has 1 unspecified atom stereocenters. The van der Waals surface area contributed by atoms with Crippen LogP contribution in [0.5, 0.6) is 5.75 Å². The standard InChI is InChI=1S/C27H20FNO4/c1-2-14-32-20-11-8-18(9-12-20)24-23-25(30)21-15-19(28)10-13-22(21)33-26(23)27(31)29(24)16-17-6-4-3-5-7-17/h2-13,15,24H,1,14,16H2. The Morgan fingerprint density at radius 1 is 1.03 bits per heavy atom. The summed E-state index contributed by atoms with van der Waals surface area (Å²) in [7, 11) is 0. The third-order valence-corrected chi connectivity index (χ3v) is 5.69. The van der Waals surface area contributed by atoms with E-state index in [0.29, 0.717) is 12.4 Å². The van der Waals surface area contributed by atoms with Gasteiger partial charge < -0.3 is 14.1 Å². The van der Waals surface area contributed by atoms with Gasteiger partial charge in [0.2, 0.25) is 5.76 Å². The van der Waals surface area contributed by atoms with Crippen LogP contribution in [0.25, 0.3) is 11.0 Å². The third-order valence-electron chi connectivity index (χ3n) is 5.69. The zero-order valence-corrected chi connectivity index (χ0v) is 17.7. The van der Waals surface area contributed by atoms with E-state index in [2.05, 4.69) is 6.58 Å². The second-order valence-electron chi connectivity index (χ2n) is 7.80. The molecule has 0 saturated carbocycles. The Labute approximate surface area is 189 Å². The van der Waals surface area contributed by atoms with Gasteiger partial charge in [0.25, 0.3) is 5.91 Å². The molecule has 0 N–H and O–H groups in total. The number of benzene rings is 3. The van der Waals surface area contributed by atoms with Crippen molar-refractivity contribution in [2.45, 2.75) is 12.6 Å². The van der Waals surface area contributed by atoms with Crippen LogP contribution in [0, 0.1) is 5.82 Å². The van der Waals surface area contributed by atoms with Crippen molar-refractivity contribution >= 4 is 16.9 Å². The van der Waals surface area contributed by atoms with Gasteiger partial charge >= 0.3 is 0 Å². The van der Waals surface area contributed by atoms with Crippen LogP contribution in [0.3, 0.4) is 0 Å². The predicted octanol–water partition coefficient (Wildman–Crippen LogP) is 5.24. The number of ether oxygens (including phenoxy) is 1. The summed E-state index contributed by atoms with van der Waals surface area (Å²) in [4.78, 5) is 28.5. The predicted molar refractivity (Wildman–Crippen MR) is 123 cm³/mol. The first-order chi connectivity index (χ1) is 16.1. The molecule has 1 aliphatic heterocycles. The van der Waals surface area contributed by atoms with Crippen LogP contribution < -0.4 is 10.2 Å². The highest BCUT2D eigenvalue weighted by atomic mass is 19.1. The van der Waals surface area contributed by atoms with Crippen molar-refractivity contribution in [2.75, 3.05) is 6.61 Å². The van der Waals surface area contributed by atoms with Crippen molar-refractivity contribution < 1.29 is 18.3 Å². The molecule has 3 aromatic carbocycles. The SMILES string of the molecule is C=CCOc1ccc(C2c3c(oc4ccc(F)cc4c3=O)C(=O)N2Cc2ccccc2)cc1. The van der Waals surface area contributed by atoms with Crippen LogP contribution in [0.2, 0.25) is 0 Å². The van der Waals surface area contributed by atoms with Crippen LogP contribution in [0.15, 0.2) is 94.7 Å². The number of nitrogens with zero attached hydrogens (tertiary/aromatic N) is 1. The molecule has 0 radical (unpaired) electrons. The number of rotatable bonds is 6. The highest BCUT2D eigenvalue weighted by Crippen LogP contribution is 2.39. The normalized spacial score (nSPS) is 15.0. The molecule has 0 spiro atoms. The molecule has 1 aliphatic rings. The van der Waals surface area contributed by atoms with Crippen molar-refractivity contribution in [3.05, 3.63) is 124 Å². The average molecular weight is 441 g/mol. The van der Waals surface area contributed by atoms with E-state index >= 15 is 0 Å². The van der Waals surface area contributed by atoms with Gasteiger partial charge in [-0.15, -0.1) is 0 Å². The first-order valence-corrected chi connectivity index (χ1v) is 10.5. The summed E-state index contributed by atoms with van der Waals surface area (Å²) >= 11 is 0. The lowest BCUT2D eigenvalue weighted by Crippen LogP contribution is -2.29. The summed E-state index contributed by atoms with van der Waals surface area (Å²) in [5, 5.41) is 0.110. The lowest BCUT2D eigenvalue weighted by atomic mass is 9.98. The maximum Gasteiger partial charge on any atom is 0.291 e. The van der Waals surface area contributed by atoms with E-state index in [1.807, 2.05) is 42.5 Å². The number of carbonyl (C=O) groups excluding carboxylic acids is 1. The number of hydrogen-bond donors (Lipinski definition) is 0. The van der Waals surface area contributed by atoms with E-state index in [9.17, 15) is 14.0 Å². The lowest BCUT2D eigenvalue weighted by molar-refractivity contribution is 0.0714. The van der Waals surface area contributed by atoms with E-state index < -0.39 is 17.3 Å². The average Bonchev–Trinajstić information content (AvgIpc) is 3.11. The van der Waals surface area contributed by atoms with Crippen LogP contribution in [-0.2, 0) is 6.54 Å². The van der Waals surface area contributed by atoms with Crippen molar-refractivity contribution in [3.63, 3.8) is 0 Å². The Bertz CT molecular complexity index is 1410. The molecule has 5 nitrogen and oxygen atoms in total. The number of halogens is 1. The summed E-state index contributed by atoms with van der Waals surface area (Å²) in [5.74, 6) is -0.285. The van der Waals surface area contributed by atoms with Gasteiger partial charge in [0, 0.05) is 6.54 Å². The Morgan fingerprint density at radius 2 is 1.79 bits per heavy atom. The molecule has 0 bridgehead atoms. The molecule has 0 saturated heterocycles. The Morgan fingerprint density at radius 3 is 2.52 bits per heavy atom. The van der Waals surface area contributed by atoms with Crippen molar-refractivity contribution in [1.82, 2.24) is 4.90 Å². The number of amides is 1. The quantitative estimate of drug-likeness (QED) is 0.384. The van der Waals surface area contributed by atoms with Crippen LogP contribution in [-0.4, -0.2) is 17.4 Å². The first kappa shape index (κ1) is 20.7. The van der Waals surface area contributed by atoms with Gasteiger partial charge in [-0.05, 0) is 41.5 Å². The molecule has 1 aromatic heterocycles. The molecule has 5 rings (SSSR count). The fourth-order valence-corrected chi connectivity index (χ4v) is 4.18. The van der Waals surface area contributed by atoms with E-state index in [1.54, 1.807) is 23.1 Å². The summed E-state index contributed by atoms with van der Waals surface area (Å²) in [6.07, 6.45) is 1.65. The molecular weight excluding hydrogens is 421 g/mol. The second kappa shape index (κ2) is 8.39. The molecule has 1 atom stereocenters. The topological polar surface area (TPSA) is 59.8 Å². The van der Waals surface area contributed by atoms with Gasteiger partial charge in [0.15, 0.2) is 5.43 Å². The minimum Gasteiger partial charge on any atom is -0.490 e. The Hall–Kier alpha value is -4.19. The molecular formula is C27H20FNO4. The van der Waals surface area contributed by atoms with Gasteiger partial charge in [-0.3, -0.25) is 9.59 Å². The molecule has 0 fully saturated rings.